The molecular weight excluding hydrogens is 449 g/mol. The van der Waals surface area contributed by atoms with Gasteiger partial charge in [-0.25, -0.2) is 4.98 Å². The Bertz CT molecular complexity index is 1270. The van der Waals surface area contributed by atoms with Crippen molar-refractivity contribution in [3.63, 3.8) is 0 Å². The minimum atomic E-state index is -4.48. The summed E-state index contributed by atoms with van der Waals surface area (Å²) in [4.78, 5) is 12.3. The molecule has 0 aliphatic rings. The van der Waals surface area contributed by atoms with Gasteiger partial charge in [-0.15, -0.1) is 5.10 Å². The Morgan fingerprint density at radius 1 is 1.03 bits per heavy atom. The Hall–Kier alpha value is -3.41. The van der Waals surface area contributed by atoms with E-state index in [2.05, 4.69) is 30.5 Å². The predicted octanol–water partition coefficient (Wildman–Crippen LogP) is 3.92. The van der Waals surface area contributed by atoms with Gasteiger partial charge in [-0.3, -0.25) is 9.97 Å². The number of halogens is 4. The van der Waals surface area contributed by atoms with Crippen LogP contribution in [0.15, 0.2) is 49.1 Å². The van der Waals surface area contributed by atoms with Gasteiger partial charge in [0.1, 0.15) is 17.6 Å². The van der Waals surface area contributed by atoms with E-state index in [0.717, 1.165) is 12.3 Å². The van der Waals surface area contributed by atoms with Crippen LogP contribution in [0.4, 0.5) is 24.8 Å². The Morgan fingerprint density at radius 2 is 1.84 bits per heavy atom. The van der Waals surface area contributed by atoms with Crippen LogP contribution in [0.3, 0.4) is 0 Å². The van der Waals surface area contributed by atoms with Crippen LogP contribution in [0, 0.1) is 0 Å². The maximum atomic E-state index is 12.7. The molecule has 1 atom stereocenters. The Morgan fingerprint density at radius 3 is 2.50 bits per heavy atom. The molecule has 0 aliphatic heterocycles. The third-order valence-corrected chi connectivity index (χ3v) is 4.83. The monoisotopic (exact) mass is 462 g/mol. The molecule has 0 amide bonds. The van der Waals surface area contributed by atoms with Crippen molar-refractivity contribution in [2.75, 3.05) is 11.9 Å². The van der Waals surface area contributed by atoms with Crippen LogP contribution in [0.5, 0.6) is 0 Å². The fourth-order valence-corrected chi connectivity index (χ4v) is 3.16. The summed E-state index contributed by atoms with van der Waals surface area (Å²) in [5.41, 5.74) is 0.293. The van der Waals surface area contributed by atoms with Gasteiger partial charge in [0.2, 0.25) is 0 Å². The van der Waals surface area contributed by atoms with E-state index in [9.17, 15) is 18.3 Å². The molecule has 0 aliphatic carbocycles. The van der Waals surface area contributed by atoms with Crippen LogP contribution in [-0.2, 0) is 6.18 Å². The van der Waals surface area contributed by atoms with Crippen molar-refractivity contribution in [2.45, 2.75) is 12.3 Å². The van der Waals surface area contributed by atoms with Gasteiger partial charge in [0.25, 0.3) is 0 Å². The van der Waals surface area contributed by atoms with Gasteiger partial charge in [-0.1, -0.05) is 11.6 Å². The summed E-state index contributed by atoms with van der Waals surface area (Å²) in [6.07, 6.45) is -0.468. The molecule has 8 nitrogen and oxygen atoms in total. The number of aromatic nitrogens is 5. The maximum Gasteiger partial charge on any atom is 0.417 e. The zero-order valence-corrected chi connectivity index (χ0v) is 16.8. The molecule has 0 fully saturated rings. The first-order valence-electron chi connectivity index (χ1n) is 9.12. The molecule has 0 saturated heterocycles. The lowest BCUT2D eigenvalue weighted by Crippen LogP contribution is -2.06. The molecule has 4 aromatic heterocycles. The highest BCUT2D eigenvalue weighted by Gasteiger charge is 2.30. The van der Waals surface area contributed by atoms with E-state index in [1.54, 1.807) is 6.07 Å². The third-order valence-electron chi connectivity index (χ3n) is 4.55. The van der Waals surface area contributed by atoms with Crippen LogP contribution in [-0.4, -0.2) is 42.0 Å². The molecule has 4 heterocycles. The second-order valence-electron chi connectivity index (χ2n) is 6.70. The summed E-state index contributed by atoms with van der Waals surface area (Å²) >= 11 is 6.28. The first-order chi connectivity index (χ1) is 15.3. The summed E-state index contributed by atoms with van der Waals surface area (Å²) in [6, 6.07) is 5.27. The summed E-state index contributed by atoms with van der Waals surface area (Å²) in [7, 11) is 0. The SMILES string of the molecule is OCC(O)c1cnc(-c2cc3cnnc(Nc4ccc(C(F)(F)F)cn4)c3cn2)c(Cl)c1. The first kappa shape index (κ1) is 21.8. The van der Waals surface area contributed by atoms with Gasteiger partial charge < -0.3 is 15.5 Å². The number of anilines is 2. The average Bonchev–Trinajstić information content (AvgIpc) is 2.78. The summed E-state index contributed by atoms with van der Waals surface area (Å²) in [5, 5.41) is 30.9. The highest BCUT2D eigenvalue weighted by molar-refractivity contribution is 6.33. The maximum absolute atomic E-state index is 12.7. The molecule has 4 rings (SSSR count). The van der Waals surface area contributed by atoms with Crippen LogP contribution >= 0.6 is 11.6 Å². The molecule has 32 heavy (non-hydrogen) atoms. The van der Waals surface area contributed by atoms with Crippen molar-refractivity contribution in [3.8, 4) is 11.4 Å². The molecule has 3 N–H and O–H groups in total. The number of nitrogens with one attached hydrogen (secondary N) is 1. The number of nitrogens with zero attached hydrogens (tertiary/aromatic N) is 5. The highest BCUT2D eigenvalue weighted by atomic mass is 35.5. The van der Waals surface area contributed by atoms with Crippen molar-refractivity contribution < 1.29 is 23.4 Å². The zero-order valence-electron chi connectivity index (χ0n) is 16.0. The van der Waals surface area contributed by atoms with Crippen molar-refractivity contribution in [1.29, 1.82) is 0 Å². The van der Waals surface area contributed by atoms with E-state index in [4.69, 9.17) is 16.7 Å². The number of pyridine rings is 3. The van der Waals surface area contributed by atoms with Crippen molar-refractivity contribution in [2.24, 2.45) is 0 Å². The van der Waals surface area contributed by atoms with E-state index in [0.29, 0.717) is 27.7 Å². The van der Waals surface area contributed by atoms with Crippen LogP contribution in [0.2, 0.25) is 5.02 Å². The lowest BCUT2D eigenvalue weighted by atomic mass is 10.1. The molecule has 4 aromatic rings. The third kappa shape index (κ3) is 4.44. The van der Waals surface area contributed by atoms with Gasteiger partial charge in [0, 0.05) is 34.9 Å². The van der Waals surface area contributed by atoms with E-state index in [1.165, 1.54) is 30.7 Å². The standard InChI is InChI=1S/C20H14ClF3N6O2/c21-14-3-11(16(32)9-31)5-27-18(14)15-4-10-6-28-30-19(13(10)8-25-15)29-17-2-1-12(7-26-17)20(22,23)24/h1-8,16,31-32H,9H2,(H,26,29,30). The van der Waals surface area contributed by atoms with Crippen LogP contribution in [0.1, 0.15) is 17.2 Å². The van der Waals surface area contributed by atoms with E-state index in [1.807, 2.05) is 0 Å². The molecule has 0 aromatic carbocycles. The molecule has 0 spiro atoms. The summed E-state index contributed by atoms with van der Waals surface area (Å²) < 4.78 is 38.1. The molecule has 0 radical (unpaired) electrons. The minimum Gasteiger partial charge on any atom is -0.393 e. The minimum absolute atomic E-state index is 0.159. The van der Waals surface area contributed by atoms with Crippen molar-refractivity contribution in [1.82, 2.24) is 25.1 Å². The van der Waals surface area contributed by atoms with Crippen LogP contribution in [0.25, 0.3) is 22.2 Å². The van der Waals surface area contributed by atoms with Gasteiger partial charge >= 0.3 is 6.18 Å². The van der Waals surface area contributed by atoms with Gasteiger partial charge in [0.05, 0.1) is 29.1 Å². The smallest absolute Gasteiger partial charge is 0.393 e. The second-order valence-corrected chi connectivity index (χ2v) is 7.11. The molecule has 0 saturated carbocycles. The second kappa shape index (κ2) is 8.61. The number of hydrogen-bond donors (Lipinski definition) is 3. The normalized spacial score (nSPS) is 12.7. The average molecular weight is 463 g/mol. The topological polar surface area (TPSA) is 117 Å². The fourth-order valence-electron chi connectivity index (χ4n) is 2.89. The molecule has 12 heteroatoms. The number of hydrogen-bond acceptors (Lipinski definition) is 8. The van der Waals surface area contributed by atoms with Gasteiger partial charge in [0.15, 0.2) is 5.82 Å². The number of aliphatic hydroxyl groups excluding tert-OH is 2. The van der Waals surface area contributed by atoms with Gasteiger partial charge in [-0.05, 0) is 24.3 Å². The molecule has 0 bridgehead atoms. The Labute approximate surface area is 183 Å². The summed E-state index contributed by atoms with van der Waals surface area (Å²) in [5.74, 6) is 0.417. The van der Waals surface area contributed by atoms with Crippen molar-refractivity contribution in [3.05, 3.63) is 65.2 Å². The lowest BCUT2D eigenvalue weighted by Gasteiger charge is -2.11. The lowest BCUT2D eigenvalue weighted by molar-refractivity contribution is -0.137. The number of alkyl halides is 3. The largest absolute Gasteiger partial charge is 0.417 e. The Balaban J connectivity index is 1.64. The summed E-state index contributed by atoms with van der Waals surface area (Å²) in [6.45, 7) is -0.464. The number of rotatable bonds is 5. The fraction of sp³-hybridized carbons (Fsp3) is 0.150. The highest BCUT2D eigenvalue weighted by Crippen LogP contribution is 2.31. The van der Waals surface area contributed by atoms with Crippen molar-refractivity contribution >= 4 is 34.0 Å². The number of aliphatic hydroxyl groups is 2. The van der Waals surface area contributed by atoms with Crippen LogP contribution < -0.4 is 5.32 Å². The van der Waals surface area contributed by atoms with E-state index >= 15 is 0 Å². The predicted molar refractivity (Wildman–Crippen MR) is 110 cm³/mol. The number of fused-ring (bicyclic) bond motifs is 1. The van der Waals surface area contributed by atoms with E-state index in [-0.39, 0.29) is 16.7 Å². The first-order valence-corrected chi connectivity index (χ1v) is 9.50. The quantitative estimate of drug-likeness (QED) is 0.408. The molecular formula is C20H14ClF3N6O2. The molecule has 164 valence electrons. The van der Waals surface area contributed by atoms with Gasteiger partial charge in [-0.2, -0.15) is 18.3 Å². The zero-order chi connectivity index (χ0) is 22.9. The Kier molecular flexibility index (Phi) is 5.87. The van der Waals surface area contributed by atoms with E-state index < -0.39 is 24.5 Å². The molecule has 1 unspecified atom stereocenters.